The summed E-state index contributed by atoms with van der Waals surface area (Å²) < 4.78 is 13.5. The van der Waals surface area contributed by atoms with E-state index in [2.05, 4.69) is 15.3 Å². The van der Waals surface area contributed by atoms with Crippen molar-refractivity contribution in [1.82, 2.24) is 9.97 Å². The predicted molar refractivity (Wildman–Crippen MR) is 60.9 cm³/mol. The first-order chi connectivity index (χ1) is 7.66. The topological polar surface area (TPSA) is 63.8 Å². The molecule has 0 saturated carbocycles. The number of aryl methyl sites for hydroxylation is 1. The van der Waals surface area contributed by atoms with E-state index in [-0.39, 0.29) is 5.82 Å². The van der Waals surface area contributed by atoms with E-state index in [1.165, 1.54) is 18.6 Å². The van der Waals surface area contributed by atoms with Crippen LogP contribution in [0, 0.1) is 12.7 Å². The highest BCUT2D eigenvalue weighted by molar-refractivity contribution is 5.67. The Labute approximate surface area is 92.3 Å². The molecule has 0 spiro atoms. The van der Waals surface area contributed by atoms with Crippen molar-refractivity contribution in [2.75, 3.05) is 11.1 Å². The van der Waals surface area contributed by atoms with Crippen molar-refractivity contribution < 1.29 is 4.39 Å². The third-order valence-corrected chi connectivity index (χ3v) is 2.12. The fourth-order valence-electron chi connectivity index (χ4n) is 1.29. The Hall–Kier alpha value is -2.17. The van der Waals surface area contributed by atoms with Gasteiger partial charge in [0.1, 0.15) is 12.1 Å². The van der Waals surface area contributed by atoms with Crippen LogP contribution in [0.5, 0.6) is 0 Å². The summed E-state index contributed by atoms with van der Waals surface area (Å²) in [7, 11) is 0. The molecule has 1 heterocycles. The van der Waals surface area contributed by atoms with Gasteiger partial charge in [0.15, 0.2) is 5.82 Å². The zero-order chi connectivity index (χ0) is 11.5. The smallest absolute Gasteiger partial charge is 0.157 e. The molecule has 0 atom stereocenters. The molecule has 3 N–H and O–H groups in total. The van der Waals surface area contributed by atoms with Gasteiger partial charge in [-0.2, -0.15) is 0 Å². The lowest BCUT2D eigenvalue weighted by atomic mass is 10.2. The van der Waals surface area contributed by atoms with E-state index in [1.54, 1.807) is 6.07 Å². The first-order valence-electron chi connectivity index (χ1n) is 4.75. The van der Waals surface area contributed by atoms with Gasteiger partial charge in [-0.1, -0.05) is 6.07 Å². The van der Waals surface area contributed by atoms with Gasteiger partial charge in [-0.3, -0.25) is 0 Å². The molecule has 0 aliphatic carbocycles. The minimum absolute atomic E-state index is 0.335. The predicted octanol–water partition coefficient (Wildman–Crippen LogP) is 2.25. The molecule has 4 nitrogen and oxygen atoms in total. The molecule has 0 bridgehead atoms. The van der Waals surface area contributed by atoms with Gasteiger partial charge >= 0.3 is 0 Å². The van der Waals surface area contributed by atoms with E-state index in [1.807, 2.05) is 13.0 Å². The van der Waals surface area contributed by atoms with Crippen molar-refractivity contribution in [3.8, 4) is 0 Å². The number of nitrogens with zero attached hydrogens (tertiary/aromatic N) is 2. The quantitative estimate of drug-likeness (QED) is 0.811. The number of anilines is 3. The summed E-state index contributed by atoms with van der Waals surface area (Å²) in [5.74, 6) is 0.0655. The number of hydrogen-bond donors (Lipinski definition) is 2. The van der Waals surface area contributed by atoms with Crippen LogP contribution in [0.15, 0.2) is 30.7 Å². The van der Waals surface area contributed by atoms with Crippen molar-refractivity contribution in [1.29, 1.82) is 0 Å². The third-order valence-electron chi connectivity index (χ3n) is 2.12. The van der Waals surface area contributed by atoms with Gasteiger partial charge in [0.2, 0.25) is 0 Å². The van der Waals surface area contributed by atoms with Crippen LogP contribution in [0.4, 0.5) is 21.6 Å². The number of benzene rings is 1. The Morgan fingerprint density at radius 2 is 2.19 bits per heavy atom. The summed E-state index contributed by atoms with van der Waals surface area (Å²) in [6.45, 7) is 1.83. The Bertz CT molecular complexity index is 513. The lowest BCUT2D eigenvalue weighted by Crippen LogP contribution is -2.01. The standard InChI is InChI=1S/C11H11FN4/c1-7-2-3-10(8(12)4-7)16-11-9(13)5-14-6-15-11/h2-6H,13H2,1H3,(H,14,15,16). The van der Waals surface area contributed by atoms with Crippen LogP contribution in [0.25, 0.3) is 0 Å². The molecular weight excluding hydrogens is 207 g/mol. The molecule has 0 saturated heterocycles. The van der Waals surface area contributed by atoms with Crippen LogP contribution in [0.2, 0.25) is 0 Å². The molecule has 0 amide bonds. The zero-order valence-electron chi connectivity index (χ0n) is 8.74. The highest BCUT2D eigenvalue weighted by Crippen LogP contribution is 2.22. The van der Waals surface area contributed by atoms with Gasteiger partial charge in [0, 0.05) is 0 Å². The molecule has 2 rings (SSSR count). The Morgan fingerprint density at radius 3 is 2.88 bits per heavy atom. The Kier molecular flexibility index (Phi) is 2.68. The normalized spacial score (nSPS) is 10.1. The van der Waals surface area contributed by atoms with Crippen molar-refractivity contribution in [2.24, 2.45) is 0 Å². The number of nitrogen functional groups attached to an aromatic ring is 1. The maximum atomic E-state index is 13.5. The lowest BCUT2D eigenvalue weighted by Gasteiger charge is -2.08. The average molecular weight is 218 g/mol. The van der Waals surface area contributed by atoms with E-state index in [9.17, 15) is 4.39 Å². The number of nitrogens with one attached hydrogen (secondary N) is 1. The largest absolute Gasteiger partial charge is 0.394 e. The van der Waals surface area contributed by atoms with E-state index in [0.29, 0.717) is 17.2 Å². The SMILES string of the molecule is Cc1ccc(Nc2ncncc2N)c(F)c1. The van der Waals surface area contributed by atoms with E-state index >= 15 is 0 Å². The molecule has 0 unspecified atom stereocenters. The first kappa shape index (κ1) is 10.4. The van der Waals surface area contributed by atoms with Gasteiger partial charge in [-0.25, -0.2) is 14.4 Å². The second-order valence-corrected chi connectivity index (χ2v) is 3.43. The average Bonchev–Trinajstić information content (AvgIpc) is 2.25. The fourth-order valence-corrected chi connectivity index (χ4v) is 1.29. The molecule has 0 radical (unpaired) electrons. The van der Waals surface area contributed by atoms with E-state index in [0.717, 1.165) is 5.56 Å². The summed E-state index contributed by atoms with van der Waals surface area (Å²) in [4.78, 5) is 7.68. The highest BCUT2D eigenvalue weighted by Gasteiger charge is 2.05. The minimum Gasteiger partial charge on any atom is -0.394 e. The molecule has 16 heavy (non-hydrogen) atoms. The Morgan fingerprint density at radius 1 is 1.38 bits per heavy atom. The van der Waals surface area contributed by atoms with Gasteiger partial charge in [-0.05, 0) is 24.6 Å². The summed E-state index contributed by atoms with van der Waals surface area (Å²) >= 11 is 0. The maximum absolute atomic E-state index is 13.5. The molecule has 1 aromatic heterocycles. The monoisotopic (exact) mass is 218 g/mol. The van der Waals surface area contributed by atoms with E-state index in [4.69, 9.17) is 5.73 Å². The molecule has 2 aromatic rings. The summed E-state index contributed by atoms with van der Waals surface area (Å²) in [6, 6.07) is 4.90. The number of hydrogen-bond acceptors (Lipinski definition) is 4. The molecule has 0 aliphatic heterocycles. The molecular formula is C11H11FN4. The number of halogens is 1. The first-order valence-corrected chi connectivity index (χ1v) is 4.75. The van der Waals surface area contributed by atoms with Crippen LogP contribution in [0.1, 0.15) is 5.56 Å². The molecule has 5 heteroatoms. The van der Waals surface area contributed by atoms with Gasteiger partial charge < -0.3 is 11.1 Å². The molecule has 0 aliphatic rings. The molecule has 0 fully saturated rings. The summed E-state index contributed by atoms with van der Waals surface area (Å²) in [6.07, 6.45) is 2.81. The number of aromatic nitrogens is 2. The molecule has 82 valence electrons. The third kappa shape index (κ3) is 2.08. The van der Waals surface area contributed by atoms with Crippen LogP contribution >= 0.6 is 0 Å². The van der Waals surface area contributed by atoms with Crippen LogP contribution in [-0.2, 0) is 0 Å². The van der Waals surface area contributed by atoms with Crippen molar-refractivity contribution in [3.05, 3.63) is 42.1 Å². The second-order valence-electron chi connectivity index (χ2n) is 3.43. The Balaban J connectivity index is 2.31. The van der Waals surface area contributed by atoms with Crippen LogP contribution in [-0.4, -0.2) is 9.97 Å². The fraction of sp³-hybridized carbons (Fsp3) is 0.0909. The summed E-state index contributed by atoms with van der Waals surface area (Å²) in [5, 5.41) is 2.82. The summed E-state index contributed by atoms with van der Waals surface area (Å²) in [5.41, 5.74) is 7.22. The highest BCUT2D eigenvalue weighted by atomic mass is 19.1. The van der Waals surface area contributed by atoms with Gasteiger partial charge in [-0.15, -0.1) is 0 Å². The molecule has 1 aromatic carbocycles. The maximum Gasteiger partial charge on any atom is 0.157 e. The van der Waals surface area contributed by atoms with Gasteiger partial charge in [0.25, 0.3) is 0 Å². The zero-order valence-corrected chi connectivity index (χ0v) is 8.74. The van der Waals surface area contributed by atoms with Crippen LogP contribution < -0.4 is 11.1 Å². The van der Waals surface area contributed by atoms with E-state index < -0.39 is 0 Å². The van der Waals surface area contributed by atoms with Crippen LogP contribution in [0.3, 0.4) is 0 Å². The van der Waals surface area contributed by atoms with Gasteiger partial charge in [0.05, 0.1) is 17.6 Å². The number of rotatable bonds is 2. The van der Waals surface area contributed by atoms with Crippen molar-refractivity contribution >= 4 is 17.2 Å². The number of nitrogens with two attached hydrogens (primary N) is 1. The van der Waals surface area contributed by atoms with Crippen molar-refractivity contribution in [3.63, 3.8) is 0 Å². The van der Waals surface area contributed by atoms with Crippen molar-refractivity contribution in [2.45, 2.75) is 6.92 Å². The lowest BCUT2D eigenvalue weighted by molar-refractivity contribution is 0.630. The second kappa shape index (κ2) is 4.14. The minimum atomic E-state index is -0.335.